The molecule has 0 fully saturated rings. The number of nitrogens with one attached hydrogen (secondary N) is 1. The number of aryl methyl sites for hydroxylation is 1. The summed E-state index contributed by atoms with van der Waals surface area (Å²) in [5.41, 5.74) is 1.30. The van der Waals surface area contributed by atoms with Crippen LogP contribution in [-0.4, -0.2) is 36.3 Å². The van der Waals surface area contributed by atoms with Crippen LogP contribution in [0, 0.1) is 6.92 Å². The smallest absolute Gasteiger partial charge is 0.422 e. The molecule has 9 heteroatoms. The number of halogens is 3. The van der Waals surface area contributed by atoms with E-state index in [9.17, 15) is 22.8 Å². The van der Waals surface area contributed by atoms with Crippen LogP contribution in [0.25, 0.3) is 0 Å². The molecule has 1 N–H and O–H groups in total. The van der Waals surface area contributed by atoms with E-state index in [-0.39, 0.29) is 30.2 Å². The minimum atomic E-state index is -4.43. The fourth-order valence-electron chi connectivity index (χ4n) is 2.30. The largest absolute Gasteiger partial charge is 0.484 e. The number of aromatic nitrogens is 1. The van der Waals surface area contributed by atoms with Crippen LogP contribution in [0.15, 0.2) is 36.4 Å². The van der Waals surface area contributed by atoms with Crippen molar-refractivity contribution in [2.24, 2.45) is 0 Å². The summed E-state index contributed by atoms with van der Waals surface area (Å²) >= 11 is 0. The molecule has 0 aliphatic heterocycles. The van der Waals surface area contributed by atoms with Crippen molar-refractivity contribution in [3.05, 3.63) is 58.9 Å². The zero-order valence-electron chi connectivity index (χ0n) is 15.3. The molecular formula is C19H19F3N2O4. The topological polar surface area (TPSA) is 77.5 Å². The summed E-state index contributed by atoms with van der Waals surface area (Å²) in [6, 6.07) is 8.84. The van der Waals surface area contributed by atoms with Crippen LogP contribution in [0.3, 0.4) is 0 Å². The highest BCUT2D eigenvalue weighted by Crippen LogP contribution is 2.19. The number of rotatable bonds is 7. The van der Waals surface area contributed by atoms with Crippen molar-refractivity contribution in [1.29, 1.82) is 0 Å². The Labute approximate surface area is 159 Å². The molecule has 0 radical (unpaired) electrons. The average molecular weight is 396 g/mol. The van der Waals surface area contributed by atoms with Crippen LogP contribution in [0.2, 0.25) is 0 Å². The summed E-state index contributed by atoms with van der Waals surface area (Å²) in [5, 5.41) is 2.62. The SMILES string of the molecule is CCOC(=O)c1ccc(C(=O)NCc2cccc(OCC(F)(F)F)c2)nc1C. The second-order valence-corrected chi connectivity index (χ2v) is 5.78. The third-order valence-corrected chi connectivity index (χ3v) is 3.57. The highest BCUT2D eigenvalue weighted by atomic mass is 19.4. The monoisotopic (exact) mass is 396 g/mol. The second kappa shape index (κ2) is 9.20. The number of benzene rings is 1. The average Bonchev–Trinajstić information content (AvgIpc) is 2.64. The van der Waals surface area contributed by atoms with Gasteiger partial charge in [0.05, 0.1) is 17.9 Å². The van der Waals surface area contributed by atoms with Crippen molar-refractivity contribution in [3.8, 4) is 5.75 Å². The summed E-state index contributed by atoms with van der Waals surface area (Å²) in [6.45, 7) is 2.18. The molecule has 0 aliphatic rings. The van der Waals surface area contributed by atoms with E-state index in [2.05, 4.69) is 15.0 Å². The number of pyridine rings is 1. The van der Waals surface area contributed by atoms with Gasteiger partial charge in [0.25, 0.3) is 5.91 Å². The van der Waals surface area contributed by atoms with Gasteiger partial charge in [0.15, 0.2) is 6.61 Å². The molecule has 2 aromatic rings. The molecule has 1 heterocycles. The van der Waals surface area contributed by atoms with E-state index in [4.69, 9.17) is 4.74 Å². The molecule has 0 saturated carbocycles. The van der Waals surface area contributed by atoms with E-state index in [0.29, 0.717) is 11.3 Å². The predicted molar refractivity (Wildman–Crippen MR) is 94.1 cm³/mol. The lowest BCUT2D eigenvalue weighted by Gasteiger charge is -2.11. The predicted octanol–water partition coefficient (Wildman–Crippen LogP) is 3.44. The lowest BCUT2D eigenvalue weighted by molar-refractivity contribution is -0.153. The van der Waals surface area contributed by atoms with Crippen molar-refractivity contribution in [1.82, 2.24) is 10.3 Å². The van der Waals surface area contributed by atoms with Crippen LogP contribution in [-0.2, 0) is 11.3 Å². The van der Waals surface area contributed by atoms with Gasteiger partial charge in [-0.25, -0.2) is 9.78 Å². The Morgan fingerprint density at radius 1 is 1.18 bits per heavy atom. The first-order valence-electron chi connectivity index (χ1n) is 8.41. The number of alkyl halides is 3. The summed E-state index contributed by atoms with van der Waals surface area (Å²) < 4.78 is 46.2. The first-order valence-corrected chi connectivity index (χ1v) is 8.41. The molecule has 28 heavy (non-hydrogen) atoms. The number of carbonyl (C=O) groups is 2. The number of ether oxygens (including phenoxy) is 2. The van der Waals surface area contributed by atoms with Crippen LogP contribution in [0.4, 0.5) is 13.2 Å². The fourth-order valence-corrected chi connectivity index (χ4v) is 2.30. The minimum absolute atomic E-state index is 0.0526. The Morgan fingerprint density at radius 3 is 2.57 bits per heavy atom. The number of nitrogens with zero attached hydrogens (tertiary/aromatic N) is 1. The molecule has 0 unspecified atom stereocenters. The molecule has 2 rings (SSSR count). The summed E-state index contributed by atoms with van der Waals surface area (Å²) in [7, 11) is 0. The van der Waals surface area contributed by atoms with Gasteiger partial charge in [-0.2, -0.15) is 13.2 Å². The van der Waals surface area contributed by atoms with Gasteiger partial charge in [0, 0.05) is 6.54 Å². The molecule has 0 aliphatic carbocycles. The van der Waals surface area contributed by atoms with E-state index >= 15 is 0 Å². The molecule has 0 atom stereocenters. The van der Waals surface area contributed by atoms with Crippen molar-refractivity contribution >= 4 is 11.9 Å². The molecule has 0 saturated heterocycles. The number of esters is 1. The lowest BCUT2D eigenvalue weighted by atomic mass is 10.1. The zero-order chi connectivity index (χ0) is 20.7. The van der Waals surface area contributed by atoms with Gasteiger partial charge in [0.2, 0.25) is 0 Å². The Bertz CT molecular complexity index is 853. The molecule has 150 valence electrons. The highest BCUT2D eigenvalue weighted by Gasteiger charge is 2.28. The van der Waals surface area contributed by atoms with Crippen molar-refractivity contribution in [2.45, 2.75) is 26.6 Å². The minimum Gasteiger partial charge on any atom is -0.484 e. The van der Waals surface area contributed by atoms with Crippen molar-refractivity contribution in [3.63, 3.8) is 0 Å². The maximum atomic E-state index is 12.2. The van der Waals surface area contributed by atoms with Gasteiger partial charge < -0.3 is 14.8 Å². The Hall–Kier alpha value is -3.10. The second-order valence-electron chi connectivity index (χ2n) is 5.78. The third-order valence-electron chi connectivity index (χ3n) is 3.57. The zero-order valence-corrected chi connectivity index (χ0v) is 15.3. The van der Waals surface area contributed by atoms with E-state index in [1.807, 2.05) is 0 Å². The van der Waals surface area contributed by atoms with Gasteiger partial charge in [-0.05, 0) is 43.7 Å². The van der Waals surface area contributed by atoms with Crippen molar-refractivity contribution < 1.29 is 32.2 Å². The van der Waals surface area contributed by atoms with Crippen LogP contribution in [0.5, 0.6) is 5.75 Å². The van der Waals surface area contributed by atoms with Gasteiger partial charge in [-0.1, -0.05) is 12.1 Å². The maximum absolute atomic E-state index is 12.2. The number of hydrogen-bond acceptors (Lipinski definition) is 5. The summed E-state index contributed by atoms with van der Waals surface area (Å²) in [4.78, 5) is 28.1. The van der Waals surface area contributed by atoms with E-state index in [0.717, 1.165) is 0 Å². The standard InChI is InChI=1S/C19H19F3N2O4/c1-3-27-18(26)15-7-8-16(24-12(15)2)17(25)23-10-13-5-4-6-14(9-13)28-11-19(20,21)22/h4-9H,3,10-11H2,1-2H3,(H,23,25). The first kappa shape index (κ1) is 21.2. The maximum Gasteiger partial charge on any atom is 0.422 e. The summed E-state index contributed by atoms with van der Waals surface area (Å²) in [6.07, 6.45) is -4.43. The highest BCUT2D eigenvalue weighted by molar-refractivity contribution is 5.95. The van der Waals surface area contributed by atoms with Gasteiger partial charge in [-0.15, -0.1) is 0 Å². The quantitative estimate of drug-likeness (QED) is 0.726. The van der Waals surface area contributed by atoms with Crippen LogP contribution < -0.4 is 10.1 Å². The van der Waals surface area contributed by atoms with Gasteiger partial charge >= 0.3 is 12.1 Å². The summed E-state index contributed by atoms with van der Waals surface area (Å²) in [5.74, 6) is -0.952. The molecule has 6 nitrogen and oxygen atoms in total. The normalized spacial score (nSPS) is 11.0. The molecule has 1 aromatic carbocycles. The number of carbonyl (C=O) groups excluding carboxylic acids is 2. The van der Waals surface area contributed by atoms with E-state index in [1.54, 1.807) is 19.9 Å². The van der Waals surface area contributed by atoms with Crippen molar-refractivity contribution in [2.75, 3.05) is 13.2 Å². The molecule has 0 spiro atoms. The Balaban J connectivity index is 1.98. The van der Waals surface area contributed by atoms with Crippen LogP contribution >= 0.6 is 0 Å². The van der Waals surface area contributed by atoms with Gasteiger partial charge in [0.1, 0.15) is 11.4 Å². The number of hydrogen-bond donors (Lipinski definition) is 1. The van der Waals surface area contributed by atoms with Crippen LogP contribution in [0.1, 0.15) is 39.0 Å². The molecule has 1 amide bonds. The third kappa shape index (κ3) is 6.26. The Kier molecular flexibility index (Phi) is 6.97. The van der Waals surface area contributed by atoms with E-state index in [1.165, 1.54) is 30.3 Å². The first-order chi connectivity index (χ1) is 13.2. The molecular weight excluding hydrogens is 377 g/mol. The van der Waals surface area contributed by atoms with E-state index < -0.39 is 24.7 Å². The number of amides is 1. The fraction of sp³-hybridized carbons (Fsp3) is 0.316. The Morgan fingerprint density at radius 2 is 1.93 bits per heavy atom. The lowest BCUT2D eigenvalue weighted by Crippen LogP contribution is -2.24. The van der Waals surface area contributed by atoms with Gasteiger partial charge in [-0.3, -0.25) is 4.79 Å². The molecule has 1 aromatic heterocycles. The molecule has 0 bridgehead atoms.